The summed E-state index contributed by atoms with van der Waals surface area (Å²) in [4.78, 5) is 14.5. The van der Waals surface area contributed by atoms with Gasteiger partial charge in [-0.3, -0.25) is 4.90 Å². The second-order valence-corrected chi connectivity index (χ2v) is 8.23. The first-order valence-corrected chi connectivity index (χ1v) is 9.20. The van der Waals surface area contributed by atoms with Crippen molar-refractivity contribution in [2.24, 2.45) is 0 Å². The van der Waals surface area contributed by atoms with Gasteiger partial charge in [-0.05, 0) is 40.0 Å². The molecule has 0 N–H and O–H groups in total. The number of nitrogens with zero attached hydrogens (tertiary/aromatic N) is 2. The monoisotopic (exact) mass is 311 g/mol. The molecule has 2 fully saturated rings. The maximum atomic E-state index is 12.5. The third-order valence-corrected chi connectivity index (χ3v) is 5.10. The van der Waals surface area contributed by atoms with E-state index in [2.05, 4.69) is 6.92 Å². The summed E-state index contributed by atoms with van der Waals surface area (Å²) in [7, 11) is 0. The van der Waals surface area contributed by atoms with Crippen molar-refractivity contribution < 1.29 is 14.0 Å². The third kappa shape index (κ3) is 4.61. The Hall–Kier alpha value is -0.770. The number of ether oxygens (including phenoxy) is 1. The Morgan fingerprint density at radius 3 is 2.50 bits per heavy atom. The standard InChI is InChI=1S/C18H35N2O2/c1-5-6-12-20(13-7-8-14-20)15-16-10-9-11-19(16)17(21)22-18(2,3)4/h16H,5-15H2,1-4H3/q+1/t16-/m0/s1. The fraction of sp³-hybridized carbons (Fsp3) is 0.944. The minimum atomic E-state index is -0.396. The molecule has 0 aromatic rings. The van der Waals surface area contributed by atoms with Gasteiger partial charge in [-0.2, -0.15) is 0 Å². The minimum Gasteiger partial charge on any atom is -0.444 e. The van der Waals surface area contributed by atoms with E-state index in [1.54, 1.807) is 0 Å². The van der Waals surface area contributed by atoms with Crippen molar-refractivity contribution in [3.8, 4) is 0 Å². The van der Waals surface area contributed by atoms with E-state index in [0.717, 1.165) is 25.9 Å². The van der Waals surface area contributed by atoms with Crippen molar-refractivity contribution in [3.63, 3.8) is 0 Å². The van der Waals surface area contributed by atoms with Crippen molar-refractivity contribution in [1.82, 2.24) is 4.90 Å². The number of rotatable bonds is 5. The lowest BCUT2D eigenvalue weighted by Crippen LogP contribution is -2.54. The Balaban J connectivity index is 1.98. The Kier molecular flexibility index (Phi) is 5.76. The fourth-order valence-electron chi connectivity index (χ4n) is 4.03. The van der Waals surface area contributed by atoms with Crippen LogP contribution in [0.4, 0.5) is 4.79 Å². The number of unbranched alkanes of at least 4 members (excludes halogenated alkanes) is 1. The molecule has 1 amide bonds. The summed E-state index contributed by atoms with van der Waals surface area (Å²) >= 11 is 0. The van der Waals surface area contributed by atoms with Crippen LogP contribution in [0.25, 0.3) is 0 Å². The second-order valence-electron chi connectivity index (χ2n) is 8.23. The predicted octanol–water partition coefficient (Wildman–Crippen LogP) is 3.80. The maximum absolute atomic E-state index is 12.5. The molecule has 4 nitrogen and oxygen atoms in total. The zero-order chi connectivity index (χ0) is 16.2. The van der Waals surface area contributed by atoms with E-state index in [0.29, 0.717) is 6.04 Å². The highest BCUT2D eigenvalue weighted by molar-refractivity contribution is 5.68. The van der Waals surface area contributed by atoms with Gasteiger partial charge in [-0.1, -0.05) is 13.3 Å². The zero-order valence-corrected chi connectivity index (χ0v) is 15.1. The van der Waals surface area contributed by atoms with Crippen LogP contribution in [0.5, 0.6) is 0 Å². The van der Waals surface area contributed by atoms with Crippen molar-refractivity contribution >= 4 is 6.09 Å². The molecule has 0 aliphatic carbocycles. The van der Waals surface area contributed by atoms with Gasteiger partial charge in [-0.15, -0.1) is 0 Å². The van der Waals surface area contributed by atoms with Crippen LogP contribution >= 0.6 is 0 Å². The average Bonchev–Trinajstić information content (AvgIpc) is 3.05. The molecule has 2 saturated heterocycles. The molecule has 0 saturated carbocycles. The number of amides is 1. The molecule has 2 rings (SSSR count). The summed E-state index contributed by atoms with van der Waals surface area (Å²) in [6, 6.07) is 0.379. The summed E-state index contributed by atoms with van der Waals surface area (Å²) in [6.45, 7) is 14.0. The topological polar surface area (TPSA) is 29.5 Å². The first-order valence-electron chi connectivity index (χ1n) is 9.20. The number of carbonyl (C=O) groups is 1. The van der Waals surface area contributed by atoms with Crippen LogP contribution in [0, 0.1) is 0 Å². The Morgan fingerprint density at radius 1 is 1.23 bits per heavy atom. The molecule has 2 heterocycles. The SMILES string of the molecule is CCCC[N+]1(C[C@@H]2CCCN2C(=O)OC(C)(C)C)CCCC1. The molecular formula is C18H35N2O2+. The summed E-state index contributed by atoms with van der Waals surface area (Å²) in [5.41, 5.74) is -0.396. The van der Waals surface area contributed by atoms with Crippen LogP contribution < -0.4 is 0 Å². The van der Waals surface area contributed by atoms with E-state index in [1.165, 1.54) is 49.8 Å². The van der Waals surface area contributed by atoms with Gasteiger partial charge in [0.2, 0.25) is 0 Å². The van der Waals surface area contributed by atoms with Crippen LogP contribution in [0.3, 0.4) is 0 Å². The van der Waals surface area contributed by atoms with Crippen molar-refractivity contribution in [3.05, 3.63) is 0 Å². The summed E-state index contributed by atoms with van der Waals surface area (Å²) in [6.07, 6.45) is 7.43. The van der Waals surface area contributed by atoms with E-state index < -0.39 is 5.60 Å². The van der Waals surface area contributed by atoms with E-state index in [1.807, 2.05) is 25.7 Å². The Bertz CT molecular complexity index is 370. The van der Waals surface area contributed by atoms with Crippen LogP contribution in [0.15, 0.2) is 0 Å². The summed E-state index contributed by atoms with van der Waals surface area (Å²) in [5, 5.41) is 0. The molecule has 2 aliphatic rings. The molecule has 22 heavy (non-hydrogen) atoms. The van der Waals surface area contributed by atoms with Gasteiger partial charge in [0, 0.05) is 19.4 Å². The van der Waals surface area contributed by atoms with E-state index in [9.17, 15) is 4.79 Å². The minimum absolute atomic E-state index is 0.108. The first-order chi connectivity index (χ1) is 10.4. The van der Waals surface area contributed by atoms with E-state index in [-0.39, 0.29) is 6.09 Å². The van der Waals surface area contributed by atoms with Gasteiger partial charge >= 0.3 is 6.09 Å². The molecule has 0 aromatic carbocycles. The largest absolute Gasteiger partial charge is 0.444 e. The lowest BCUT2D eigenvalue weighted by Gasteiger charge is -2.39. The molecule has 0 spiro atoms. The summed E-state index contributed by atoms with van der Waals surface area (Å²) in [5.74, 6) is 0. The van der Waals surface area contributed by atoms with Crippen LogP contribution in [-0.4, -0.2) is 59.8 Å². The lowest BCUT2D eigenvalue weighted by atomic mass is 10.1. The number of quaternary nitrogens is 1. The van der Waals surface area contributed by atoms with Gasteiger partial charge in [0.1, 0.15) is 5.60 Å². The highest BCUT2D eigenvalue weighted by Gasteiger charge is 2.40. The third-order valence-electron chi connectivity index (χ3n) is 5.10. The number of carbonyl (C=O) groups excluding carboxylic acids is 1. The molecule has 2 aliphatic heterocycles. The smallest absolute Gasteiger partial charge is 0.410 e. The van der Waals surface area contributed by atoms with Crippen molar-refractivity contribution in [2.75, 3.05) is 32.7 Å². The van der Waals surface area contributed by atoms with Crippen LogP contribution in [0.2, 0.25) is 0 Å². The fourth-order valence-corrected chi connectivity index (χ4v) is 4.03. The molecule has 1 atom stereocenters. The maximum Gasteiger partial charge on any atom is 0.410 e. The van der Waals surface area contributed by atoms with Gasteiger partial charge in [-0.25, -0.2) is 4.79 Å². The molecular weight excluding hydrogens is 276 g/mol. The van der Waals surface area contributed by atoms with Crippen molar-refractivity contribution in [2.45, 2.75) is 77.9 Å². The molecule has 0 bridgehead atoms. The zero-order valence-electron chi connectivity index (χ0n) is 15.1. The van der Waals surface area contributed by atoms with Gasteiger partial charge in [0.25, 0.3) is 0 Å². The lowest BCUT2D eigenvalue weighted by molar-refractivity contribution is -0.918. The van der Waals surface area contributed by atoms with Crippen molar-refractivity contribution in [1.29, 1.82) is 0 Å². The predicted molar refractivity (Wildman–Crippen MR) is 89.8 cm³/mol. The van der Waals surface area contributed by atoms with Gasteiger partial charge < -0.3 is 9.22 Å². The average molecular weight is 311 g/mol. The molecule has 4 heteroatoms. The Morgan fingerprint density at radius 2 is 1.91 bits per heavy atom. The second kappa shape index (κ2) is 7.20. The highest BCUT2D eigenvalue weighted by Crippen LogP contribution is 2.28. The molecule has 0 unspecified atom stereocenters. The Labute approximate surface area is 136 Å². The van der Waals surface area contributed by atoms with Gasteiger partial charge in [0.15, 0.2) is 0 Å². The molecule has 0 aromatic heterocycles. The number of hydrogen-bond donors (Lipinski definition) is 0. The number of likely N-dealkylation sites (tertiary alicyclic amines) is 2. The molecule has 0 radical (unpaired) electrons. The quantitative estimate of drug-likeness (QED) is 0.723. The van der Waals surface area contributed by atoms with E-state index >= 15 is 0 Å². The van der Waals surface area contributed by atoms with Crippen LogP contribution in [-0.2, 0) is 4.74 Å². The normalized spacial score (nSPS) is 24.7. The number of hydrogen-bond acceptors (Lipinski definition) is 2. The van der Waals surface area contributed by atoms with E-state index in [4.69, 9.17) is 4.74 Å². The van der Waals surface area contributed by atoms with Gasteiger partial charge in [0.05, 0.1) is 32.2 Å². The highest BCUT2D eigenvalue weighted by atomic mass is 16.6. The van der Waals surface area contributed by atoms with Crippen LogP contribution in [0.1, 0.15) is 66.2 Å². The first kappa shape index (κ1) is 17.6. The summed E-state index contributed by atoms with van der Waals surface area (Å²) < 4.78 is 6.84. The molecule has 128 valence electrons.